The fourth-order valence-corrected chi connectivity index (χ4v) is 7.47. The van der Waals surface area contributed by atoms with Gasteiger partial charge in [0.25, 0.3) is 5.91 Å². The maximum absolute atomic E-state index is 13.1. The van der Waals surface area contributed by atoms with E-state index in [4.69, 9.17) is 23.2 Å². The van der Waals surface area contributed by atoms with Gasteiger partial charge in [-0.2, -0.15) is 9.57 Å². The van der Waals surface area contributed by atoms with Gasteiger partial charge in [-0.25, -0.2) is 8.42 Å². The van der Waals surface area contributed by atoms with Gasteiger partial charge < -0.3 is 5.32 Å². The van der Waals surface area contributed by atoms with Crippen molar-refractivity contribution in [2.24, 2.45) is 0 Å². The van der Waals surface area contributed by atoms with Gasteiger partial charge in [-0.3, -0.25) is 9.59 Å². The van der Waals surface area contributed by atoms with Gasteiger partial charge in [-0.05, 0) is 43.4 Å². The first-order valence-corrected chi connectivity index (χ1v) is 13.1. The summed E-state index contributed by atoms with van der Waals surface area (Å²) in [6, 6.07) is 4.56. The Morgan fingerprint density at radius 3 is 2.47 bits per heavy atom. The normalized spacial score (nSPS) is 17.0. The summed E-state index contributed by atoms with van der Waals surface area (Å²) >= 11 is 13.8. The minimum absolute atomic E-state index is 0.0000917. The number of sulfonamides is 1. The molecular formula is C21H19Cl2N3O4S2. The Labute approximate surface area is 200 Å². The third kappa shape index (κ3) is 4.30. The second-order valence-corrected chi connectivity index (χ2v) is 11.5. The standard InChI is InChI=1S/C21H19Cl2N3O4S2/c22-16-10-17(23)19(32(29,30)26-7-5-12(27)6-8-26)9-14(16)20(28)25-21-15(11-24)13-3-1-2-4-18(13)31-21/h9-10H,1-8H2,(H,25,28). The molecule has 1 N–H and O–H groups in total. The first-order chi connectivity index (χ1) is 15.2. The number of nitrogens with one attached hydrogen (secondary N) is 1. The van der Waals surface area contributed by atoms with Crippen molar-refractivity contribution in [1.82, 2.24) is 4.31 Å². The predicted molar refractivity (Wildman–Crippen MR) is 123 cm³/mol. The molecule has 1 amide bonds. The topological polar surface area (TPSA) is 107 Å². The van der Waals surface area contributed by atoms with Crippen LogP contribution in [0.4, 0.5) is 5.00 Å². The van der Waals surface area contributed by atoms with Gasteiger partial charge in [0.15, 0.2) is 0 Å². The van der Waals surface area contributed by atoms with E-state index < -0.39 is 15.9 Å². The number of hydrogen-bond acceptors (Lipinski definition) is 6. The van der Waals surface area contributed by atoms with Crippen LogP contribution < -0.4 is 5.32 Å². The summed E-state index contributed by atoms with van der Waals surface area (Å²) in [5.74, 6) is -0.613. The van der Waals surface area contributed by atoms with Gasteiger partial charge in [0.2, 0.25) is 10.0 Å². The maximum Gasteiger partial charge on any atom is 0.257 e. The van der Waals surface area contributed by atoms with E-state index >= 15 is 0 Å². The summed E-state index contributed by atoms with van der Waals surface area (Å²) in [6.45, 7) is 0.127. The summed E-state index contributed by atoms with van der Waals surface area (Å²) in [5, 5.41) is 12.7. The van der Waals surface area contributed by atoms with Gasteiger partial charge in [-0.15, -0.1) is 11.3 Å². The zero-order chi connectivity index (χ0) is 23.0. The van der Waals surface area contributed by atoms with Crippen LogP contribution in [0.5, 0.6) is 0 Å². The Morgan fingerprint density at radius 2 is 1.78 bits per heavy atom. The third-order valence-electron chi connectivity index (χ3n) is 5.67. The number of halogens is 2. The van der Waals surface area contributed by atoms with Crippen molar-refractivity contribution in [3.8, 4) is 6.07 Å². The predicted octanol–water partition coefficient (Wildman–Crippen LogP) is 4.41. The Morgan fingerprint density at radius 1 is 1.09 bits per heavy atom. The van der Waals surface area contributed by atoms with E-state index in [1.807, 2.05) is 0 Å². The van der Waals surface area contributed by atoms with E-state index in [-0.39, 0.29) is 52.2 Å². The average molecular weight is 512 g/mol. The number of rotatable bonds is 4. The molecule has 2 aliphatic rings. The summed E-state index contributed by atoms with van der Waals surface area (Å²) in [6.07, 6.45) is 3.98. The lowest BCUT2D eigenvalue weighted by Gasteiger charge is -2.26. The number of ketones is 1. The molecule has 2 aromatic rings. The number of hydrogen-bond donors (Lipinski definition) is 1. The summed E-state index contributed by atoms with van der Waals surface area (Å²) in [7, 11) is -4.02. The van der Waals surface area contributed by atoms with Crippen molar-refractivity contribution in [3.05, 3.63) is 43.7 Å². The molecule has 0 unspecified atom stereocenters. The van der Waals surface area contributed by atoms with E-state index in [2.05, 4.69) is 11.4 Å². The number of anilines is 1. The number of Topliss-reactive ketones (excluding diaryl/α,β-unsaturated/α-hetero) is 1. The van der Waals surface area contributed by atoms with Gasteiger partial charge in [0.1, 0.15) is 21.7 Å². The maximum atomic E-state index is 13.1. The molecule has 1 aliphatic heterocycles. The first kappa shape index (κ1) is 23.2. The third-order valence-corrected chi connectivity index (χ3v) is 9.56. The molecule has 32 heavy (non-hydrogen) atoms. The highest BCUT2D eigenvalue weighted by atomic mass is 35.5. The molecule has 1 aliphatic carbocycles. The lowest BCUT2D eigenvalue weighted by molar-refractivity contribution is -0.120. The average Bonchev–Trinajstić information content (AvgIpc) is 3.10. The number of aryl methyl sites for hydroxylation is 1. The van der Waals surface area contributed by atoms with Crippen LogP contribution in [0, 0.1) is 11.3 Å². The van der Waals surface area contributed by atoms with Crippen molar-refractivity contribution in [3.63, 3.8) is 0 Å². The lowest BCUT2D eigenvalue weighted by Crippen LogP contribution is -2.38. The molecule has 0 radical (unpaired) electrons. The molecule has 2 heterocycles. The van der Waals surface area contributed by atoms with Crippen LogP contribution in [-0.2, 0) is 27.7 Å². The molecule has 1 fully saturated rings. The molecule has 0 atom stereocenters. The molecule has 4 rings (SSSR count). The zero-order valence-electron chi connectivity index (χ0n) is 16.9. The van der Waals surface area contributed by atoms with E-state index in [0.29, 0.717) is 10.6 Å². The Hall–Kier alpha value is -1.96. The molecular weight excluding hydrogens is 493 g/mol. The molecule has 7 nitrogen and oxygen atoms in total. The largest absolute Gasteiger partial charge is 0.312 e. The van der Waals surface area contributed by atoms with Crippen LogP contribution in [0.15, 0.2) is 17.0 Å². The van der Waals surface area contributed by atoms with E-state index in [9.17, 15) is 23.3 Å². The molecule has 168 valence electrons. The van der Waals surface area contributed by atoms with E-state index in [1.165, 1.54) is 21.7 Å². The zero-order valence-corrected chi connectivity index (χ0v) is 20.1. The fourth-order valence-electron chi connectivity index (χ4n) is 3.96. The van der Waals surface area contributed by atoms with Crippen molar-refractivity contribution < 1.29 is 18.0 Å². The lowest BCUT2D eigenvalue weighted by atomic mass is 9.96. The quantitative estimate of drug-likeness (QED) is 0.653. The second-order valence-electron chi connectivity index (χ2n) is 7.69. The molecule has 1 aromatic carbocycles. The van der Waals surface area contributed by atoms with E-state index in [0.717, 1.165) is 42.2 Å². The Bertz CT molecular complexity index is 1250. The van der Waals surface area contributed by atoms with Crippen LogP contribution >= 0.6 is 34.5 Å². The SMILES string of the molecule is N#Cc1c(NC(=O)c2cc(S(=O)(=O)N3CCC(=O)CC3)c(Cl)cc2Cl)sc2c1CCCC2. The first-order valence-electron chi connectivity index (χ1n) is 10.1. The number of piperidine rings is 1. The van der Waals surface area contributed by atoms with Crippen LogP contribution in [0.1, 0.15) is 52.0 Å². The van der Waals surface area contributed by atoms with Gasteiger partial charge in [-0.1, -0.05) is 23.2 Å². The van der Waals surface area contributed by atoms with Crippen molar-refractivity contribution >= 4 is 61.3 Å². The second kappa shape index (κ2) is 9.12. The number of nitriles is 1. The van der Waals surface area contributed by atoms with Crippen LogP contribution in [0.2, 0.25) is 10.0 Å². The minimum Gasteiger partial charge on any atom is -0.312 e. The molecule has 0 saturated carbocycles. The number of fused-ring (bicyclic) bond motifs is 1. The fraction of sp³-hybridized carbons (Fsp3) is 0.381. The van der Waals surface area contributed by atoms with Gasteiger partial charge >= 0.3 is 0 Å². The summed E-state index contributed by atoms with van der Waals surface area (Å²) in [4.78, 5) is 25.4. The highest BCUT2D eigenvalue weighted by Gasteiger charge is 2.32. The summed E-state index contributed by atoms with van der Waals surface area (Å²) in [5.41, 5.74) is 1.37. The minimum atomic E-state index is -4.02. The molecule has 0 spiro atoms. The van der Waals surface area contributed by atoms with Crippen LogP contribution in [0.25, 0.3) is 0 Å². The van der Waals surface area contributed by atoms with E-state index in [1.54, 1.807) is 0 Å². The molecule has 1 aromatic heterocycles. The van der Waals surface area contributed by atoms with Crippen molar-refractivity contribution in [1.29, 1.82) is 5.26 Å². The highest BCUT2D eigenvalue weighted by Crippen LogP contribution is 2.38. The Balaban J connectivity index is 1.66. The van der Waals surface area contributed by atoms with Crippen molar-refractivity contribution in [2.45, 2.75) is 43.4 Å². The number of carbonyl (C=O) groups is 2. The molecule has 0 bridgehead atoms. The monoisotopic (exact) mass is 511 g/mol. The molecule has 11 heteroatoms. The molecule has 1 saturated heterocycles. The highest BCUT2D eigenvalue weighted by molar-refractivity contribution is 7.89. The summed E-state index contributed by atoms with van der Waals surface area (Å²) < 4.78 is 27.4. The Kier molecular flexibility index (Phi) is 6.61. The van der Waals surface area contributed by atoms with Crippen LogP contribution in [0.3, 0.4) is 0 Å². The van der Waals surface area contributed by atoms with Gasteiger partial charge in [0.05, 0.1) is 21.2 Å². The number of benzene rings is 1. The van der Waals surface area contributed by atoms with Crippen molar-refractivity contribution in [2.75, 3.05) is 18.4 Å². The number of carbonyl (C=O) groups excluding carboxylic acids is 2. The number of amides is 1. The smallest absolute Gasteiger partial charge is 0.257 e. The number of nitrogens with zero attached hydrogens (tertiary/aromatic N) is 2. The number of thiophene rings is 1. The van der Waals surface area contributed by atoms with Gasteiger partial charge in [0, 0.05) is 30.8 Å². The van der Waals surface area contributed by atoms with Crippen LogP contribution in [-0.4, -0.2) is 37.5 Å².